The molecule has 0 heterocycles. The van der Waals surface area contributed by atoms with Crippen LogP contribution in [0.4, 0.5) is 0 Å². The van der Waals surface area contributed by atoms with Gasteiger partial charge in [0, 0.05) is 12.8 Å². The second-order valence-electron chi connectivity index (χ2n) is 7.51. The van der Waals surface area contributed by atoms with Crippen LogP contribution in [0.2, 0.25) is 0 Å². The van der Waals surface area contributed by atoms with E-state index in [1.165, 1.54) is 71.3 Å². The van der Waals surface area contributed by atoms with Crippen LogP contribution in [0.15, 0.2) is 0 Å². The van der Waals surface area contributed by atoms with Gasteiger partial charge in [0.15, 0.2) is 0 Å². The number of esters is 3. The Morgan fingerprint density at radius 2 is 1.17 bits per heavy atom. The van der Waals surface area contributed by atoms with E-state index in [-0.39, 0.29) is 48.8 Å². The molecule has 0 aromatic heterocycles. The van der Waals surface area contributed by atoms with Crippen LogP contribution in [-0.2, 0) is 23.9 Å². The van der Waals surface area contributed by atoms with E-state index < -0.39 is 23.9 Å². The van der Waals surface area contributed by atoms with Crippen LogP contribution >= 0.6 is 0 Å². The molecule has 0 fully saturated rings. The monoisotopic (exact) mass is 423 g/mol. The van der Waals surface area contributed by atoms with Gasteiger partial charge in [-0.2, -0.15) is 0 Å². The minimum absolute atomic E-state index is 0. The van der Waals surface area contributed by atoms with Crippen LogP contribution in [0, 0.1) is 0 Å². The van der Waals surface area contributed by atoms with Crippen molar-refractivity contribution in [2.45, 2.75) is 116 Å². The molecular formula is C22H42NNaO5. The van der Waals surface area contributed by atoms with Gasteiger partial charge in [-0.1, -0.05) is 84.0 Å². The van der Waals surface area contributed by atoms with Gasteiger partial charge in [-0.15, -0.1) is 0 Å². The predicted octanol–water partition coefficient (Wildman–Crippen LogP) is 4.17. The van der Waals surface area contributed by atoms with E-state index in [1.54, 1.807) is 0 Å². The average Bonchev–Trinajstić information content (AvgIpc) is 2.69. The zero-order valence-corrected chi connectivity index (χ0v) is 18.0. The van der Waals surface area contributed by atoms with E-state index in [0.717, 1.165) is 19.3 Å². The van der Waals surface area contributed by atoms with Gasteiger partial charge >= 0.3 is 47.5 Å². The number of rotatable bonds is 18. The number of unbranched alkanes of at least 4 members (excludes halogenated alkanes) is 12. The summed E-state index contributed by atoms with van der Waals surface area (Å²) in [5.41, 5.74) is 5.61. The van der Waals surface area contributed by atoms with Crippen LogP contribution in [0.3, 0.4) is 0 Å². The van der Waals surface area contributed by atoms with Crippen molar-refractivity contribution in [1.29, 1.82) is 0 Å². The standard InChI is InChI=1S/C22H41NO5.Na.H/c1-3-4-5-6-7-8-9-10-11-12-13-14-15-16-21(25)28-22(26)19(23)17-18-20(24)27-2;;/h19H,3-18,23H2,1-2H3;;/t19-;;/m0../s1. The van der Waals surface area contributed by atoms with E-state index in [1.807, 2.05) is 0 Å². The molecule has 0 amide bonds. The van der Waals surface area contributed by atoms with Gasteiger partial charge in [0.25, 0.3) is 0 Å². The van der Waals surface area contributed by atoms with Gasteiger partial charge in [0.1, 0.15) is 6.04 Å². The molecule has 0 aliphatic rings. The molecule has 7 heteroatoms. The molecule has 1 atom stereocenters. The summed E-state index contributed by atoms with van der Waals surface area (Å²) in [5.74, 6) is -1.76. The van der Waals surface area contributed by atoms with Gasteiger partial charge in [-0.25, -0.2) is 4.79 Å². The second-order valence-corrected chi connectivity index (χ2v) is 7.51. The normalized spacial score (nSPS) is 11.4. The Bertz CT molecular complexity index is 431. The molecule has 2 N–H and O–H groups in total. The van der Waals surface area contributed by atoms with Gasteiger partial charge < -0.3 is 15.2 Å². The van der Waals surface area contributed by atoms with E-state index >= 15 is 0 Å². The SMILES string of the molecule is CCCCCCCCCCCCCCCC(=O)OC(=O)[C@@H](N)CCC(=O)OC.[NaH]. The molecule has 0 aromatic rings. The maximum atomic E-state index is 11.7. The van der Waals surface area contributed by atoms with E-state index in [4.69, 9.17) is 10.5 Å². The summed E-state index contributed by atoms with van der Waals surface area (Å²) in [4.78, 5) is 34.3. The molecule has 166 valence electrons. The summed E-state index contributed by atoms with van der Waals surface area (Å²) >= 11 is 0. The van der Waals surface area contributed by atoms with Crippen molar-refractivity contribution in [3.05, 3.63) is 0 Å². The number of nitrogens with two attached hydrogens (primary N) is 1. The minimum atomic E-state index is -0.977. The molecule has 0 saturated heterocycles. The molecule has 0 rings (SSSR count). The van der Waals surface area contributed by atoms with Gasteiger partial charge in [-0.3, -0.25) is 9.59 Å². The van der Waals surface area contributed by atoms with Crippen molar-refractivity contribution in [2.24, 2.45) is 5.73 Å². The van der Waals surface area contributed by atoms with Crippen molar-refractivity contribution in [1.82, 2.24) is 0 Å². The van der Waals surface area contributed by atoms with E-state index in [2.05, 4.69) is 11.7 Å². The summed E-state index contributed by atoms with van der Waals surface area (Å²) in [6, 6.07) is -0.977. The first kappa shape index (κ1) is 30.8. The van der Waals surface area contributed by atoms with Crippen LogP contribution in [-0.4, -0.2) is 60.6 Å². The molecule has 0 radical (unpaired) electrons. The van der Waals surface area contributed by atoms with Crippen molar-refractivity contribution in [2.75, 3.05) is 7.11 Å². The summed E-state index contributed by atoms with van der Waals surface area (Å²) in [7, 11) is 1.27. The zero-order chi connectivity index (χ0) is 21.0. The van der Waals surface area contributed by atoms with E-state index in [0.29, 0.717) is 0 Å². The fourth-order valence-corrected chi connectivity index (χ4v) is 3.02. The van der Waals surface area contributed by atoms with Crippen molar-refractivity contribution in [3.63, 3.8) is 0 Å². The molecule has 0 aliphatic carbocycles. The predicted molar refractivity (Wildman–Crippen MR) is 118 cm³/mol. The number of hydrogen-bond donors (Lipinski definition) is 1. The fraction of sp³-hybridized carbons (Fsp3) is 0.864. The third-order valence-corrected chi connectivity index (χ3v) is 4.89. The van der Waals surface area contributed by atoms with Crippen molar-refractivity contribution in [3.8, 4) is 0 Å². The van der Waals surface area contributed by atoms with Crippen LogP contribution in [0.25, 0.3) is 0 Å². The van der Waals surface area contributed by atoms with Crippen LogP contribution < -0.4 is 5.73 Å². The molecule has 0 aromatic carbocycles. The first-order valence-corrected chi connectivity index (χ1v) is 11.1. The molecule has 0 bridgehead atoms. The Hall–Kier alpha value is -0.430. The third-order valence-electron chi connectivity index (χ3n) is 4.89. The number of hydrogen-bond acceptors (Lipinski definition) is 6. The number of methoxy groups -OCH3 is 1. The van der Waals surface area contributed by atoms with Gasteiger partial charge in [-0.05, 0) is 12.8 Å². The molecule has 0 spiro atoms. The maximum absolute atomic E-state index is 11.7. The second kappa shape index (κ2) is 22.3. The first-order chi connectivity index (χ1) is 13.5. The van der Waals surface area contributed by atoms with Gasteiger partial charge in [0.2, 0.25) is 0 Å². The summed E-state index contributed by atoms with van der Waals surface area (Å²) < 4.78 is 9.21. The molecule has 6 nitrogen and oxygen atoms in total. The van der Waals surface area contributed by atoms with Crippen LogP contribution in [0.1, 0.15) is 110 Å². The molecule has 29 heavy (non-hydrogen) atoms. The van der Waals surface area contributed by atoms with Crippen LogP contribution in [0.5, 0.6) is 0 Å². The van der Waals surface area contributed by atoms with Crippen molar-refractivity contribution >= 4 is 47.5 Å². The summed E-state index contributed by atoms with van der Waals surface area (Å²) in [6.45, 7) is 2.24. The summed E-state index contributed by atoms with van der Waals surface area (Å²) in [6.07, 6.45) is 16.4. The topological polar surface area (TPSA) is 95.7 Å². The Morgan fingerprint density at radius 1 is 0.724 bits per heavy atom. The Balaban J connectivity index is 0. The number of carbonyl (C=O) groups excluding carboxylic acids is 3. The average molecular weight is 424 g/mol. The van der Waals surface area contributed by atoms with E-state index in [9.17, 15) is 14.4 Å². The molecular weight excluding hydrogens is 381 g/mol. The summed E-state index contributed by atoms with van der Waals surface area (Å²) in [5, 5.41) is 0. The Labute approximate surface area is 199 Å². The Kier molecular flexibility index (Phi) is 23.6. The fourth-order valence-electron chi connectivity index (χ4n) is 3.02. The molecule has 0 aliphatic heterocycles. The molecule has 0 saturated carbocycles. The first-order valence-electron chi connectivity index (χ1n) is 11.1. The third kappa shape index (κ3) is 20.6. The quantitative estimate of drug-likeness (QED) is 0.154. The Morgan fingerprint density at radius 3 is 1.62 bits per heavy atom. The van der Waals surface area contributed by atoms with Gasteiger partial charge in [0.05, 0.1) is 7.11 Å². The number of ether oxygens (including phenoxy) is 2. The zero-order valence-electron chi connectivity index (χ0n) is 18.0. The number of carbonyl (C=O) groups is 3. The molecule has 0 unspecified atom stereocenters. The van der Waals surface area contributed by atoms with Crippen molar-refractivity contribution < 1.29 is 23.9 Å².